The summed E-state index contributed by atoms with van der Waals surface area (Å²) >= 11 is 0. The van der Waals surface area contributed by atoms with Gasteiger partial charge in [-0.1, -0.05) is 35.2 Å². The molecule has 0 aliphatic carbocycles. The molecular formula is C11H8N4O. The van der Waals surface area contributed by atoms with Crippen LogP contribution in [-0.2, 0) is 0 Å². The lowest BCUT2D eigenvalue weighted by Gasteiger charge is -1.99. The van der Waals surface area contributed by atoms with Crippen LogP contribution in [0.2, 0.25) is 0 Å². The first-order chi connectivity index (χ1) is 7.84. The average molecular weight is 212 g/mol. The molecule has 1 aromatic carbocycles. The van der Waals surface area contributed by atoms with Crippen molar-refractivity contribution in [3.63, 3.8) is 0 Å². The van der Waals surface area contributed by atoms with Crippen molar-refractivity contribution in [3.8, 4) is 11.4 Å². The van der Waals surface area contributed by atoms with Crippen LogP contribution >= 0.6 is 0 Å². The van der Waals surface area contributed by atoms with Gasteiger partial charge >= 0.3 is 0 Å². The topological polar surface area (TPSA) is 63.8 Å². The highest BCUT2D eigenvalue weighted by atomic mass is 16.5. The lowest BCUT2D eigenvalue weighted by Crippen LogP contribution is -1.96. The van der Waals surface area contributed by atoms with Crippen molar-refractivity contribution in [2.75, 3.05) is 0 Å². The molecule has 0 unspecified atom stereocenters. The zero-order valence-electron chi connectivity index (χ0n) is 8.28. The van der Waals surface area contributed by atoms with Gasteiger partial charge in [-0.25, -0.2) is 9.97 Å². The van der Waals surface area contributed by atoms with E-state index in [2.05, 4.69) is 15.1 Å². The van der Waals surface area contributed by atoms with Crippen LogP contribution in [0, 0.1) is 0 Å². The van der Waals surface area contributed by atoms with E-state index in [1.54, 1.807) is 6.20 Å². The Hall–Kier alpha value is -2.43. The Balaban J connectivity index is 2.22. The first kappa shape index (κ1) is 8.84. The second kappa shape index (κ2) is 3.30. The van der Waals surface area contributed by atoms with E-state index in [0.29, 0.717) is 16.9 Å². The van der Waals surface area contributed by atoms with E-state index in [0.717, 1.165) is 10.4 Å². The number of nitrogens with zero attached hydrogens (tertiary/aromatic N) is 4. The first-order valence-electron chi connectivity index (χ1n) is 4.80. The van der Waals surface area contributed by atoms with Crippen molar-refractivity contribution in [1.29, 1.82) is 0 Å². The molecule has 5 heteroatoms. The fraction of sp³-hybridized carbons (Fsp3) is 0. The predicted octanol–water partition coefficient (Wildman–Crippen LogP) is 1.73. The highest BCUT2D eigenvalue weighted by Gasteiger charge is 2.06. The fourth-order valence-corrected chi connectivity index (χ4v) is 1.53. The Morgan fingerprint density at radius 1 is 1.06 bits per heavy atom. The quantitative estimate of drug-likeness (QED) is 0.624. The molecule has 5 nitrogen and oxygen atoms in total. The maximum absolute atomic E-state index is 9.40. The second-order valence-electron chi connectivity index (χ2n) is 3.37. The van der Waals surface area contributed by atoms with E-state index in [1.807, 2.05) is 30.3 Å². The molecule has 78 valence electrons. The summed E-state index contributed by atoms with van der Waals surface area (Å²) in [7, 11) is 0. The summed E-state index contributed by atoms with van der Waals surface area (Å²) in [5, 5.41) is 13.8. The molecule has 0 amide bonds. The molecule has 3 rings (SSSR count). The molecule has 0 spiro atoms. The van der Waals surface area contributed by atoms with Crippen LogP contribution in [0.1, 0.15) is 0 Å². The Kier molecular flexibility index (Phi) is 1.83. The van der Waals surface area contributed by atoms with Crippen molar-refractivity contribution in [2.45, 2.75) is 0 Å². The summed E-state index contributed by atoms with van der Waals surface area (Å²) in [5.41, 5.74) is 1.32. The molecule has 0 bridgehead atoms. The Morgan fingerprint density at radius 2 is 1.88 bits per heavy atom. The minimum Gasteiger partial charge on any atom is -0.410 e. The second-order valence-corrected chi connectivity index (χ2v) is 3.37. The van der Waals surface area contributed by atoms with Crippen LogP contribution in [-0.4, -0.2) is 25.1 Å². The van der Waals surface area contributed by atoms with Gasteiger partial charge in [0.25, 0.3) is 0 Å². The van der Waals surface area contributed by atoms with Crippen molar-refractivity contribution in [2.24, 2.45) is 0 Å². The minimum absolute atomic E-state index is 0.411. The number of hydrogen-bond acceptors (Lipinski definition) is 4. The van der Waals surface area contributed by atoms with Crippen LogP contribution in [0.15, 0.2) is 42.7 Å². The summed E-state index contributed by atoms with van der Waals surface area (Å²) in [6.45, 7) is 0. The Labute approximate surface area is 91.0 Å². The first-order valence-corrected chi connectivity index (χ1v) is 4.80. The van der Waals surface area contributed by atoms with E-state index in [4.69, 9.17) is 0 Å². The van der Waals surface area contributed by atoms with Crippen LogP contribution in [0.4, 0.5) is 0 Å². The zero-order chi connectivity index (χ0) is 11.0. The third-order valence-corrected chi connectivity index (χ3v) is 2.32. The number of hydrogen-bond donors (Lipinski definition) is 1. The van der Waals surface area contributed by atoms with Gasteiger partial charge < -0.3 is 5.21 Å². The summed E-state index contributed by atoms with van der Waals surface area (Å²) in [4.78, 5) is 9.21. The van der Waals surface area contributed by atoms with Gasteiger partial charge in [-0.05, 0) is 0 Å². The fourth-order valence-electron chi connectivity index (χ4n) is 1.53. The molecule has 0 fully saturated rings. The molecule has 1 N–H and O–H groups in total. The molecule has 16 heavy (non-hydrogen) atoms. The number of fused-ring (bicyclic) bond motifs is 1. The molecular weight excluding hydrogens is 204 g/mol. The van der Waals surface area contributed by atoms with Crippen molar-refractivity contribution in [3.05, 3.63) is 42.7 Å². The van der Waals surface area contributed by atoms with Crippen LogP contribution < -0.4 is 0 Å². The number of aromatic nitrogens is 4. The van der Waals surface area contributed by atoms with Gasteiger partial charge in [0, 0.05) is 11.8 Å². The monoisotopic (exact) mass is 212 g/mol. The molecule has 0 saturated carbocycles. The lowest BCUT2D eigenvalue weighted by molar-refractivity contribution is 0.159. The normalized spacial score (nSPS) is 10.8. The van der Waals surface area contributed by atoms with E-state index in [1.165, 1.54) is 6.20 Å². The van der Waals surface area contributed by atoms with E-state index < -0.39 is 0 Å². The summed E-state index contributed by atoms with van der Waals surface area (Å²) in [6.07, 6.45) is 3.16. The highest BCUT2D eigenvalue weighted by Crippen LogP contribution is 2.16. The molecule has 0 saturated heterocycles. The van der Waals surface area contributed by atoms with Gasteiger partial charge in [-0.2, -0.15) is 0 Å². The van der Waals surface area contributed by atoms with E-state index in [-0.39, 0.29) is 0 Å². The zero-order valence-corrected chi connectivity index (χ0v) is 8.28. The predicted molar refractivity (Wildman–Crippen MR) is 57.9 cm³/mol. The maximum atomic E-state index is 9.40. The van der Waals surface area contributed by atoms with E-state index in [9.17, 15) is 5.21 Å². The van der Waals surface area contributed by atoms with Gasteiger partial charge in [0.15, 0.2) is 5.82 Å². The van der Waals surface area contributed by atoms with Crippen molar-refractivity contribution < 1.29 is 5.21 Å². The number of rotatable bonds is 1. The van der Waals surface area contributed by atoms with Crippen LogP contribution in [0.5, 0.6) is 0 Å². The SMILES string of the molecule is On1ncc2cnc(-c3ccccc3)nc21. The highest BCUT2D eigenvalue weighted by molar-refractivity contribution is 5.75. The van der Waals surface area contributed by atoms with Gasteiger partial charge in [0.05, 0.1) is 11.6 Å². The summed E-state index contributed by atoms with van der Waals surface area (Å²) in [6, 6.07) is 9.59. The minimum atomic E-state index is 0.411. The van der Waals surface area contributed by atoms with Gasteiger partial charge in [0.2, 0.25) is 5.65 Å². The van der Waals surface area contributed by atoms with E-state index >= 15 is 0 Å². The van der Waals surface area contributed by atoms with Gasteiger partial charge in [-0.3, -0.25) is 0 Å². The third-order valence-electron chi connectivity index (χ3n) is 2.32. The Morgan fingerprint density at radius 3 is 2.69 bits per heavy atom. The average Bonchev–Trinajstić information content (AvgIpc) is 2.72. The maximum Gasteiger partial charge on any atom is 0.202 e. The molecule has 2 heterocycles. The van der Waals surface area contributed by atoms with Gasteiger partial charge in [0.1, 0.15) is 0 Å². The summed E-state index contributed by atoms with van der Waals surface area (Å²) < 4.78 is 0. The van der Waals surface area contributed by atoms with Crippen LogP contribution in [0.3, 0.4) is 0 Å². The largest absolute Gasteiger partial charge is 0.410 e. The molecule has 0 aliphatic rings. The lowest BCUT2D eigenvalue weighted by atomic mass is 10.2. The van der Waals surface area contributed by atoms with Crippen molar-refractivity contribution >= 4 is 11.0 Å². The number of benzene rings is 1. The standard InChI is InChI=1S/C11H8N4O/c16-15-11-9(7-13-15)6-12-10(14-11)8-4-2-1-3-5-8/h1-7,16H. The summed E-state index contributed by atoms with van der Waals surface area (Å²) in [5.74, 6) is 0.573. The van der Waals surface area contributed by atoms with Gasteiger partial charge in [-0.15, -0.1) is 5.10 Å². The third kappa shape index (κ3) is 1.30. The molecule has 2 aromatic heterocycles. The van der Waals surface area contributed by atoms with Crippen molar-refractivity contribution in [1.82, 2.24) is 19.9 Å². The molecule has 0 atom stereocenters. The smallest absolute Gasteiger partial charge is 0.202 e. The van der Waals surface area contributed by atoms with Crippen LogP contribution in [0.25, 0.3) is 22.4 Å². The molecule has 3 aromatic rings. The Bertz CT molecular complexity index is 633. The molecule has 0 radical (unpaired) electrons. The molecule has 0 aliphatic heterocycles.